The van der Waals surface area contributed by atoms with Crippen molar-refractivity contribution in [2.75, 3.05) is 12.4 Å². The molecule has 0 saturated carbocycles. The summed E-state index contributed by atoms with van der Waals surface area (Å²) in [5, 5.41) is 4.31. The third kappa shape index (κ3) is 3.95. The van der Waals surface area contributed by atoms with Gasteiger partial charge >= 0.3 is 0 Å². The van der Waals surface area contributed by atoms with E-state index in [1.54, 1.807) is 11.0 Å². The predicted octanol–water partition coefficient (Wildman–Crippen LogP) is 1.76. The number of benzene rings is 1. The first kappa shape index (κ1) is 16.1. The van der Waals surface area contributed by atoms with Gasteiger partial charge in [0, 0.05) is 12.6 Å². The minimum Gasteiger partial charge on any atom is -0.373 e. The van der Waals surface area contributed by atoms with Gasteiger partial charge in [0.1, 0.15) is 6.33 Å². The SMILES string of the molecule is Cn1cnc(-c2ccc3c(c2)CCOC3CCCS(=O)(=O)O)n1. The molecule has 0 aliphatic carbocycles. The summed E-state index contributed by atoms with van der Waals surface area (Å²) in [6.45, 7) is 0.600. The number of nitrogens with zero attached hydrogens (tertiary/aromatic N) is 3. The van der Waals surface area contributed by atoms with E-state index in [0.717, 1.165) is 17.5 Å². The van der Waals surface area contributed by atoms with Crippen molar-refractivity contribution in [1.82, 2.24) is 14.8 Å². The Morgan fingerprint density at radius 2 is 2.26 bits per heavy atom. The smallest absolute Gasteiger partial charge is 0.264 e. The second kappa shape index (κ2) is 6.38. The van der Waals surface area contributed by atoms with Crippen LogP contribution < -0.4 is 0 Å². The Hall–Kier alpha value is -1.77. The molecule has 124 valence electrons. The van der Waals surface area contributed by atoms with Crippen molar-refractivity contribution in [3.8, 4) is 11.4 Å². The van der Waals surface area contributed by atoms with Gasteiger partial charge in [-0.1, -0.05) is 12.1 Å². The topological polar surface area (TPSA) is 94.3 Å². The van der Waals surface area contributed by atoms with Crippen LogP contribution in [0.15, 0.2) is 24.5 Å². The van der Waals surface area contributed by atoms with Crippen LogP contribution in [0.3, 0.4) is 0 Å². The normalized spacial score (nSPS) is 17.9. The second-order valence-electron chi connectivity index (χ2n) is 5.69. The molecular weight excluding hydrogens is 318 g/mol. The highest BCUT2D eigenvalue weighted by Gasteiger charge is 2.22. The molecule has 2 aromatic rings. The van der Waals surface area contributed by atoms with Crippen molar-refractivity contribution in [3.05, 3.63) is 35.7 Å². The molecule has 1 aromatic heterocycles. The molecule has 0 radical (unpaired) electrons. The molecule has 3 rings (SSSR count). The van der Waals surface area contributed by atoms with E-state index in [9.17, 15) is 8.42 Å². The van der Waals surface area contributed by atoms with E-state index in [2.05, 4.69) is 16.1 Å². The number of rotatable bonds is 5. The molecule has 1 unspecified atom stereocenters. The molecule has 8 heteroatoms. The zero-order valence-corrected chi connectivity index (χ0v) is 13.7. The van der Waals surface area contributed by atoms with E-state index >= 15 is 0 Å². The minimum absolute atomic E-state index is 0.133. The Labute approximate surface area is 135 Å². The lowest BCUT2D eigenvalue weighted by molar-refractivity contribution is 0.0362. The molecule has 1 aliphatic rings. The largest absolute Gasteiger partial charge is 0.373 e. The zero-order valence-electron chi connectivity index (χ0n) is 12.8. The first-order valence-corrected chi connectivity index (χ1v) is 9.09. The van der Waals surface area contributed by atoms with Crippen LogP contribution in [0.25, 0.3) is 11.4 Å². The van der Waals surface area contributed by atoms with Crippen LogP contribution in [0.2, 0.25) is 0 Å². The first-order valence-electron chi connectivity index (χ1n) is 7.48. The summed E-state index contributed by atoms with van der Waals surface area (Å²) in [5.41, 5.74) is 3.22. The molecule has 1 atom stereocenters. The lowest BCUT2D eigenvalue weighted by Crippen LogP contribution is -2.17. The van der Waals surface area contributed by atoms with Crippen LogP contribution in [-0.4, -0.2) is 40.1 Å². The zero-order chi connectivity index (χ0) is 16.4. The average Bonchev–Trinajstić information content (AvgIpc) is 2.92. The second-order valence-corrected chi connectivity index (χ2v) is 7.27. The van der Waals surface area contributed by atoms with Crippen LogP contribution in [0.4, 0.5) is 0 Å². The fourth-order valence-corrected chi connectivity index (χ4v) is 3.37. The first-order chi connectivity index (χ1) is 10.9. The van der Waals surface area contributed by atoms with Crippen LogP contribution in [0.1, 0.15) is 30.1 Å². The third-order valence-corrected chi connectivity index (χ3v) is 4.71. The van der Waals surface area contributed by atoms with Crippen molar-refractivity contribution in [1.29, 1.82) is 0 Å². The molecule has 1 N–H and O–H groups in total. The van der Waals surface area contributed by atoms with Crippen LogP contribution >= 0.6 is 0 Å². The van der Waals surface area contributed by atoms with Crippen molar-refractivity contribution in [2.45, 2.75) is 25.4 Å². The Bertz CT molecular complexity index is 801. The molecule has 2 heterocycles. The van der Waals surface area contributed by atoms with Gasteiger partial charge in [-0.2, -0.15) is 13.5 Å². The highest BCUT2D eigenvalue weighted by molar-refractivity contribution is 7.85. The number of ether oxygens (including phenoxy) is 1. The van der Waals surface area contributed by atoms with Crippen molar-refractivity contribution in [3.63, 3.8) is 0 Å². The van der Waals surface area contributed by atoms with Gasteiger partial charge in [-0.05, 0) is 36.5 Å². The Balaban J connectivity index is 1.77. The van der Waals surface area contributed by atoms with Gasteiger partial charge in [0.25, 0.3) is 10.1 Å². The monoisotopic (exact) mass is 337 g/mol. The summed E-state index contributed by atoms with van der Waals surface area (Å²) < 4.78 is 37.9. The number of aromatic nitrogens is 3. The molecule has 0 amide bonds. The Morgan fingerprint density at radius 1 is 1.43 bits per heavy atom. The summed E-state index contributed by atoms with van der Waals surface area (Å²) in [5.74, 6) is 0.447. The summed E-state index contributed by atoms with van der Waals surface area (Å²) in [6, 6.07) is 6.03. The molecule has 0 bridgehead atoms. The summed E-state index contributed by atoms with van der Waals surface area (Å²) >= 11 is 0. The molecule has 23 heavy (non-hydrogen) atoms. The van der Waals surface area contributed by atoms with Crippen LogP contribution in [-0.2, 0) is 28.3 Å². The molecule has 7 nitrogen and oxygen atoms in total. The van der Waals surface area contributed by atoms with Crippen LogP contribution in [0, 0.1) is 0 Å². The van der Waals surface area contributed by atoms with Crippen LogP contribution in [0.5, 0.6) is 0 Å². The predicted molar refractivity (Wildman–Crippen MR) is 84.5 cm³/mol. The maximum absolute atomic E-state index is 10.8. The number of aryl methyl sites for hydroxylation is 1. The number of hydrogen-bond acceptors (Lipinski definition) is 5. The van der Waals surface area contributed by atoms with E-state index in [1.165, 1.54) is 5.56 Å². The van der Waals surface area contributed by atoms with Gasteiger partial charge in [0.2, 0.25) is 0 Å². The lowest BCUT2D eigenvalue weighted by Gasteiger charge is -2.26. The van der Waals surface area contributed by atoms with E-state index in [0.29, 0.717) is 25.3 Å². The summed E-state index contributed by atoms with van der Waals surface area (Å²) in [4.78, 5) is 4.26. The summed E-state index contributed by atoms with van der Waals surface area (Å²) in [7, 11) is -2.09. The fourth-order valence-electron chi connectivity index (χ4n) is 2.84. The molecule has 0 spiro atoms. The van der Waals surface area contributed by atoms with Gasteiger partial charge in [-0.25, -0.2) is 4.98 Å². The van der Waals surface area contributed by atoms with E-state index in [4.69, 9.17) is 9.29 Å². The van der Waals surface area contributed by atoms with Gasteiger partial charge in [0.05, 0.1) is 18.5 Å². The molecule has 0 saturated heterocycles. The van der Waals surface area contributed by atoms with Gasteiger partial charge in [-0.15, -0.1) is 0 Å². The standard InChI is InChI=1S/C15H19N3O4S/c1-18-10-16-15(17-18)12-4-5-13-11(9-12)6-7-22-14(13)3-2-8-23(19,20)21/h4-5,9-10,14H,2-3,6-8H2,1H3,(H,19,20,21). The van der Waals surface area contributed by atoms with Gasteiger partial charge < -0.3 is 4.74 Å². The number of hydrogen-bond donors (Lipinski definition) is 1. The third-order valence-electron chi connectivity index (χ3n) is 3.91. The maximum atomic E-state index is 10.8. The van der Waals surface area contributed by atoms with Gasteiger partial charge in [-0.3, -0.25) is 9.23 Å². The Morgan fingerprint density at radius 3 is 2.96 bits per heavy atom. The molecular formula is C15H19N3O4S. The van der Waals surface area contributed by atoms with Gasteiger partial charge in [0.15, 0.2) is 5.82 Å². The van der Waals surface area contributed by atoms with E-state index < -0.39 is 10.1 Å². The Kier molecular flexibility index (Phi) is 4.47. The molecule has 1 aliphatic heterocycles. The number of fused-ring (bicyclic) bond motifs is 1. The van der Waals surface area contributed by atoms with Crippen molar-refractivity contribution < 1.29 is 17.7 Å². The van der Waals surface area contributed by atoms with E-state index in [-0.39, 0.29) is 11.9 Å². The lowest BCUT2D eigenvalue weighted by atomic mass is 9.93. The van der Waals surface area contributed by atoms with Crippen molar-refractivity contribution in [2.24, 2.45) is 7.05 Å². The molecule has 1 aromatic carbocycles. The highest BCUT2D eigenvalue weighted by Crippen LogP contribution is 2.32. The van der Waals surface area contributed by atoms with Crippen molar-refractivity contribution >= 4 is 10.1 Å². The average molecular weight is 337 g/mol. The highest BCUT2D eigenvalue weighted by atomic mass is 32.2. The maximum Gasteiger partial charge on any atom is 0.264 e. The minimum atomic E-state index is -3.92. The molecule has 0 fully saturated rings. The van der Waals surface area contributed by atoms with E-state index in [1.807, 2.05) is 19.2 Å². The summed E-state index contributed by atoms with van der Waals surface area (Å²) in [6.07, 6.45) is 3.27. The quantitative estimate of drug-likeness (QED) is 0.836. The fraction of sp³-hybridized carbons (Fsp3) is 0.467.